The molecule has 0 saturated carbocycles. The van der Waals surface area contributed by atoms with E-state index in [1.807, 2.05) is 18.2 Å². The number of urea groups is 1. The molecule has 0 spiro atoms. The molecular weight excluding hydrogens is 391 g/mol. The highest BCUT2D eigenvalue weighted by Gasteiger charge is 2.10. The molecule has 3 amide bonds. The summed E-state index contributed by atoms with van der Waals surface area (Å²) in [4.78, 5) is 28.3. The van der Waals surface area contributed by atoms with Gasteiger partial charge in [0.05, 0.1) is 12.1 Å². The average Bonchev–Trinajstić information content (AvgIpc) is 3.14. The van der Waals surface area contributed by atoms with Crippen molar-refractivity contribution >= 4 is 34.1 Å². The maximum atomic E-state index is 12.9. The first-order chi connectivity index (χ1) is 14.1. The molecule has 150 valence electrons. The van der Waals surface area contributed by atoms with Crippen LogP contribution in [0.25, 0.3) is 0 Å². The molecule has 29 heavy (non-hydrogen) atoms. The van der Waals surface area contributed by atoms with Crippen molar-refractivity contribution in [3.05, 3.63) is 77.1 Å². The number of aromatic nitrogens is 1. The molecule has 1 heterocycles. The van der Waals surface area contributed by atoms with Crippen molar-refractivity contribution in [2.75, 3.05) is 17.2 Å². The summed E-state index contributed by atoms with van der Waals surface area (Å²) in [6.07, 6.45) is 1.93. The number of hydrogen-bond acceptors (Lipinski definition) is 4. The zero-order valence-corrected chi connectivity index (χ0v) is 16.5. The number of carbonyl (C=O) groups is 2. The fraction of sp³-hybridized carbons (Fsp3) is 0.190. The third-order valence-corrected chi connectivity index (χ3v) is 4.83. The van der Waals surface area contributed by atoms with Crippen LogP contribution in [0.1, 0.15) is 17.7 Å². The fourth-order valence-electron chi connectivity index (χ4n) is 2.63. The molecule has 2 aromatic carbocycles. The van der Waals surface area contributed by atoms with Crippen molar-refractivity contribution in [3.8, 4) is 0 Å². The Morgan fingerprint density at radius 2 is 1.76 bits per heavy atom. The molecule has 1 aromatic heterocycles. The van der Waals surface area contributed by atoms with Crippen LogP contribution in [0.3, 0.4) is 0 Å². The molecule has 3 N–H and O–H groups in total. The Kier molecular flexibility index (Phi) is 7.29. The normalized spacial score (nSPS) is 10.4. The number of nitrogens with one attached hydrogen (secondary N) is 3. The van der Waals surface area contributed by atoms with E-state index in [0.29, 0.717) is 23.1 Å². The highest BCUT2D eigenvalue weighted by Crippen LogP contribution is 2.16. The lowest BCUT2D eigenvalue weighted by molar-refractivity contribution is -0.120. The number of aryl methyl sites for hydroxylation is 1. The second-order valence-electron chi connectivity index (χ2n) is 6.35. The van der Waals surface area contributed by atoms with E-state index in [0.717, 1.165) is 12.8 Å². The van der Waals surface area contributed by atoms with E-state index in [1.165, 1.54) is 41.2 Å². The third kappa shape index (κ3) is 7.00. The summed E-state index contributed by atoms with van der Waals surface area (Å²) < 4.78 is 12.9. The molecule has 8 heteroatoms. The largest absolute Gasteiger partial charge is 0.356 e. The van der Waals surface area contributed by atoms with Crippen LogP contribution in [0, 0.1) is 5.82 Å². The van der Waals surface area contributed by atoms with Gasteiger partial charge in [0, 0.05) is 17.6 Å². The quantitative estimate of drug-likeness (QED) is 0.485. The number of halogens is 1. The van der Waals surface area contributed by atoms with Crippen molar-refractivity contribution in [3.63, 3.8) is 0 Å². The predicted molar refractivity (Wildman–Crippen MR) is 113 cm³/mol. The van der Waals surface area contributed by atoms with Crippen LogP contribution in [0.5, 0.6) is 0 Å². The molecule has 0 unspecified atom stereocenters. The summed E-state index contributed by atoms with van der Waals surface area (Å²) in [5.41, 5.74) is 2.30. The second kappa shape index (κ2) is 10.3. The number of benzene rings is 2. The van der Waals surface area contributed by atoms with Crippen LogP contribution < -0.4 is 16.0 Å². The van der Waals surface area contributed by atoms with Crippen LogP contribution in [0.4, 0.5) is 20.0 Å². The van der Waals surface area contributed by atoms with Gasteiger partial charge in [0.1, 0.15) is 5.82 Å². The van der Waals surface area contributed by atoms with Gasteiger partial charge in [0.15, 0.2) is 5.13 Å². The molecular formula is C21H21FN4O2S. The van der Waals surface area contributed by atoms with Crippen molar-refractivity contribution in [2.45, 2.75) is 19.3 Å². The first kappa shape index (κ1) is 20.5. The molecule has 3 aromatic rings. The van der Waals surface area contributed by atoms with E-state index in [2.05, 4.69) is 33.1 Å². The number of thiazole rings is 1. The van der Waals surface area contributed by atoms with Crippen LogP contribution in [-0.4, -0.2) is 23.5 Å². The number of anilines is 2. The number of hydrogen-bond donors (Lipinski definition) is 3. The van der Waals surface area contributed by atoms with Gasteiger partial charge < -0.3 is 10.6 Å². The molecule has 0 radical (unpaired) electrons. The van der Waals surface area contributed by atoms with Gasteiger partial charge in [-0.3, -0.25) is 10.1 Å². The lowest BCUT2D eigenvalue weighted by Crippen LogP contribution is -2.26. The Hall–Kier alpha value is -3.26. The zero-order chi connectivity index (χ0) is 20.5. The molecule has 0 aliphatic carbocycles. The maximum Gasteiger partial charge on any atom is 0.325 e. The van der Waals surface area contributed by atoms with Gasteiger partial charge >= 0.3 is 6.03 Å². The third-order valence-electron chi connectivity index (χ3n) is 4.02. The molecule has 0 saturated heterocycles. The molecule has 0 atom stereocenters. The van der Waals surface area contributed by atoms with Gasteiger partial charge in [0.2, 0.25) is 5.91 Å². The summed E-state index contributed by atoms with van der Waals surface area (Å²) >= 11 is 1.24. The van der Waals surface area contributed by atoms with Gasteiger partial charge in [-0.1, -0.05) is 30.3 Å². The SMILES string of the molecule is O=C(Cc1csc(NC(=O)Nc2ccc(F)cc2)n1)NCCCc1ccccc1. The molecule has 0 aliphatic heterocycles. The Bertz CT molecular complexity index is 945. The zero-order valence-electron chi connectivity index (χ0n) is 15.7. The number of carbonyl (C=O) groups excluding carboxylic acids is 2. The van der Waals surface area contributed by atoms with Crippen LogP contribution in [-0.2, 0) is 17.6 Å². The topological polar surface area (TPSA) is 83.1 Å². The summed E-state index contributed by atoms with van der Waals surface area (Å²) in [7, 11) is 0. The molecule has 6 nitrogen and oxygen atoms in total. The first-order valence-electron chi connectivity index (χ1n) is 9.17. The highest BCUT2D eigenvalue weighted by atomic mass is 32.1. The second-order valence-corrected chi connectivity index (χ2v) is 7.20. The average molecular weight is 412 g/mol. The van der Waals surface area contributed by atoms with Crippen molar-refractivity contribution < 1.29 is 14.0 Å². The predicted octanol–water partition coefficient (Wildman–Crippen LogP) is 4.22. The summed E-state index contributed by atoms with van der Waals surface area (Å²) in [5.74, 6) is -0.482. The summed E-state index contributed by atoms with van der Waals surface area (Å²) in [6.45, 7) is 0.600. The number of rotatable bonds is 8. The number of nitrogens with zero attached hydrogens (tertiary/aromatic N) is 1. The van der Waals surface area contributed by atoms with E-state index in [-0.39, 0.29) is 18.1 Å². The monoisotopic (exact) mass is 412 g/mol. The van der Waals surface area contributed by atoms with E-state index in [9.17, 15) is 14.0 Å². The lowest BCUT2D eigenvalue weighted by atomic mass is 10.1. The summed E-state index contributed by atoms with van der Waals surface area (Å²) in [6, 6.07) is 15.1. The minimum absolute atomic E-state index is 0.106. The Morgan fingerprint density at radius 1 is 1.00 bits per heavy atom. The molecule has 0 aliphatic rings. The van der Waals surface area contributed by atoms with Gasteiger partial charge in [-0.05, 0) is 42.7 Å². The minimum Gasteiger partial charge on any atom is -0.356 e. The van der Waals surface area contributed by atoms with Gasteiger partial charge in [-0.2, -0.15) is 0 Å². The summed E-state index contributed by atoms with van der Waals surface area (Å²) in [5, 5.41) is 10.2. The minimum atomic E-state index is -0.483. The van der Waals surface area contributed by atoms with Gasteiger partial charge in [-0.25, -0.2) is 14.2 Å². The highest BCUT2D eigenvalue weighted by molar-refractivity contribution is 7.14. The molecule has 3 rings (SSSR count). The van der Waals surface area contributed by atoms with E-state index in [1.54, 1.807) is 5.38 Å². The fourth-order valence-corrected chi connectivity index (χ4v) is 3.34. The van der Waals surface area contributed by atoms with E-state index in [4.69, 9.17) is 0 Å². The Morgan fingerprint density at radius 3 is 2.52 bits per heavy atom. The molecule has 0 fully saturated rings. The molecule has 0 bridgehead atoms. The maximum absolute atomic E-state index is 12.9. The smallest absolute Gasteiger partial charge is 0.325 e. The number of amides is 3. The Balaban J connectivity index is 1.38. The standard InChI is InChI=1S/C21H21FN4O2S/c22-16-8-10-17(11-9-16)24-20(28)26-21-25-18(14-29-21)13-19(27)23-12-4-7-15-5-2-1-3-6-15/h1-3,5-6,8-11,14H,4,7,12-13H2,(H,23,27)(H2,24,25,26,28). The van der Waals surface area contributed by atoms with Crippen LogP contribution in [0.2, 0.25) is 0 Å². The van der Waals surface area contributed by atoms with Crippen LogP contribution in [0.15, 0.2) is 60.0 Å². The van der Waals surface area contributed by atoms with Crippen molar-refractivity contribution in [1.29, 1.82) is 0 Å². The van der Waals surface area contributed by atoms with Gasteiger partial charge in [0.25, 0.3) is 0 Å². The van der Waals surface area contributed by atoms with Crippen molar-refractivity contribution in [2.24, 2.45) is 0 Å². The van der Waals surface area contributed by atoms with E-state index >= 15 is 0 Å². The van der Waals surface area contributed by atoms with Crippen molar-refractivity contribution in [1.82, 2.24) is 10.3 Å². The van der Waals surface area contributed by atoms with Crippen LogP contribution >= 0.6 is 11.3 Å². The van der Waals surface area contributed by atoms with Gasteiger partial charge in [-0.15, -0.1) is 11.3 Å². The lowest BCUT2D eigenvalue weighted by Gasteiger charge is -2.05. The Labute approximate surface area is 172 Å². The van der Waals surface area contributed by atoms with E-state index < -0.39 is 6.03 Å². The first-order valence-corrected chi connectivity index (χ1v) is 10.0.